The molecular weight excluding hydrogens is 287 g/mol. The van der Waals surface area contributed by atoms with Gasteiger partial charge in [0.1, 0.15) is 0 Å². The van der Waals surface area contributed by atoms with Crippen molar-refractivity contribution < 1.29 is 18.0 Å². The first-order valence-corrected chi connectivity index (χ1v) is 5.08. The molecule has 0 aliphatic carbocycles. The molecule has 1 heterocycles. The highest BCUT2D eigenvalue weighted by atomic mass is 35.5. The summed E-state index contributed by atoms with van der Waals surface area (Å²) in [6.07, 6.45) is -4.64. The topological polar surface area (TPSA) is 96.7 Å². The number of carbonyl (C=O) groups excluding carboxylic acids is 1. The number of aromatic amines is 1. The van der Waals surface area contributed by atoms with Crippen molar-refractivity contribution in [3.8, 4) is 0 Å². The van der Waals surface area contributed by atoms with E-state index in [1.807, 2.05) is 0 Å². The molecule has 1 aromatic rings. The number of aromatic nitrogens is 3. The number of anilines is 1. The van der Waals surface area contributed by atoms with Crippen molar-refractivity contribution in [3.05, 3.63) is 5.82 Å². The smallest absolute Gasteiger partial charge is 0.319 e. The van der Waals surface area contributed by atoms with Crippen molar-refractivity contribution in [2.24, 2.45) is 11.1 Å². The van der Waals surface area contributed by atoms with Gasteiger partial charge in [-0.2, -0.15) is 18.2 Å². The molecule has 0 saturated carbocycles. The van der Waals surface area contributed by atoms with Gasteiger partial charge in [-0.15, -0.1) is 17.5 Å². The van der Waals surface area contributed by atoms with Crippen LogP contribution in [0.25, 0.3) is 0 Å². The number of hydrogen-bond donors (Lipinski definition) is 3. The van der Waals surface area contributed by atoms with E-state index in [1.165, 1.54) is 0 Å². The van der Waals surface area contributed by atoms with E-state index in [9.17, 15) is 18.0 Å². The lowest BCUT2D eigenvalue weighted by molar-refractivity contribution is -0.144. The average Bonchev–Trinajstić information content (AvgIpc) is 2.62. The van der Waals surface area contributed by atoms with Gasteiger partial charge in [-0.3, -0.25) is 15.2 Å². The monoisotopic (exact) mass is 301 g/mol. The number of hydrogen-bond acceptors (Lipinski definition) is 4. The zero-order chi connectivity index (χ0) is 14.1. The van der Waals surface area contributed by atoms with Crippen LogP contribution < -0.4 is 11.1 Å². The van der Waals surface area contributed by atoms with Crippen molar-refractivity contribution in [1.82, 2.24) is 15.2 Å². The van der Waals surface area contributed by atoms with Crippen molar-refractivity contribution in [2.45, 2.75) is 33.0 Å². The predicted octanol–water partition coefficient (Wildman–Crippen LogP) is 1.56. The zero-order valence-electron chi connectivity index (χ0n) is 10.5. The van der Waals surface area contributed by atoms with Crippen LogP contribution in [-0.4, -0.2) is 27.1 Å². The van der Waals surface area contributed by atoms with Gasteiger partial charge in [-0.25, -0.2) is 0 Å². The van der Waals surface area contributed by atoms with Gasteiger partial charge in [0.25, 0.3) is 0 Å². The van der Waals surface area contributed by atoms with E-state index < -0.39 is 35.3 Å². The molecule has 0 radical (unpaired) electrons. The lowest BCUT2D eigenvalue weighted by atomic mass is 9.87. The van der Waals surface area contributed by atoms with Gasteiger partial charge in [-0.05, 0) is 5.41 Å². The van der Waals surface area contributed by atoms with Crippen molar-refractivity contribution in [2.75, 3.05) is 5.32 Å². The molecule has 1 aromatic heterocycles. The number of alkyl halides is 3. The molecule has 110 valence electrons. The molecular formula is C9H15ClF3N5O. The normalized spacial score (nSPS) is 13.6. The summed E-state index contributed by atoms with van der Waals surface area (Å²) in [4.78, 5) is 14.7. The third-order valence-corrected chi connectivity index (χ3v) is 2.20. The molecule has 0 saturated heterocycles. The Morgan fingerprint density at radius 3 is 2.26 bits per heavy atom. The lowest BCUT2D eigenvalue weighted by Crippen LogP contribution is -2.45. The molecule has 0 unspecified atom stereocenters. The van der Waals surface area contributed by atoms with Crippen molar-refractivity contribution in [1.29, 1.82) is 0 Å². The van der Waals surface area contributed by atoms with Crippen molar-refractivity contribution >= 4 is 24.3 Å². The number of amides is 1. The van der Waals surface area contributed by atoms with Crippen LogP contribution in [0.5, 0.6) is 0 Å². The molecule has 1 amide bonds. The molecule has 4 N–H and O–H groups in total. The third-order valence-electron chi connectivity index (χ3n) is 2.20. The van der Waals surface area contributed by atoms with Crippen LogP contribution in [0.3, 0.4) is 0 Å². The van der Waals surface area contributed by atoms with E-state index in [1.54, 1.807) is 25.9 Å². The number of nitrogens with zero attached hydrogens (tertiary/aromatic N) is 2. The van der Waals surface area contributed by atoms with E-state index in [-0.39, 0.29) is 12.4 Å². The molecule has 0 spiro atoms. The van der Waals surface area contributed by atoms with Gasteiger partial charge in [-0.1, -0.05) is 20.8 Å². The third kappa shape index (κ3) is 4.67. The van der Waals surface area contributed by atoms with Crippen LogP contribution in [0, 0.1) is 5.41 Å². The Balaban J connectivity index is 0.00000324. The SMILES string of the molecule is CC(C)(C)[C@H](N)C(=O)Nc1n[nH]c(C(F)(F)F)n1.Cl. The minimum Gasteiger partial charge on any atom is -0.319 e. The van der Waals surface area contributed by atoms with Gasteiger partial charge < -0.3 is 5.73 Å². The van der Waals surface area contributed by atoms with E-state index in [2.05, 4.69) is 15.4 Å². The Bertz CT molecular complexity index is 440. The van der Waals surface area contributed by atoms with Crippen LogP contribution in [0.4, 0.5) is 19.1 Å². The molecule has 1 atom stereocenters. The summed E-state index contributed by atoms with van der Waals surface area (Å²) in [5.41, 5.74) is 5.11. The van der Waals surface area contributed by atoms with Crippen LogP contribution in [-0.2, 0) is 11.0 Å². The minimum atomic E-state index is -4.64. The second-order valence-corrected chi connectivity index (χ2v) is 4.84. The molecule has 10 heteroatoms. The number of halogens is 4. The summed E-state index contributed by atoms with van der Waals surface area (Å²) in [5, 5.41) is 7.05. The maximum atomic E-state index is 12.2. The Kier molecular flexibility index (Phi) is 5.33. The summed E-state index contributed by atoms with van der Waals surface area (Å²) in [7, 11) is 0. The number of rotatable bonds is 2. The van der Waals surface area contributed by atoms with Crippen molar-refractivity contribution in [3.63, 3.8) is 0 Å². The Hall–Kier alpha value is -1.35. The minimum absolute atomic E-state index is 0. The fourth-order valence-electron chi connectivity index (χ4n) is 1.03. The molecule has 6 nitrogen and oxygen atoms in total. The standard InChI is InChI=1S/C9H14F3N5O.ClH/c1-8(2,3)4(13)5(18)14-7-15-6(16-17-7)9(10,11)12;/h4H,13H2,1-3H3,(H2,14,15,16,17,18);1H/t4-;/m1./s1. The van der Waals surface area contributed by atoms with Gasteiger partial charge in [0.2, 0.25) is 17.7 Å². The molecule has 0 fully saturated rings. The summed E-state index contributed by atoms with van der Waals surface area (Å²) < 4.78 is 36.6. The van der Waals surface area contributed by atoms with Crippen LogP contribution >= 0.6 is 12.4 Å². The molecule has 0 aliphatic heterocycles. The lowest BCUT2D eigenvalue weighted by Gasteiger charge is -2.25. The second-order valence-electron chi connectivity index (χ2n) is 4.84. The van der Waals surface area contributed by atoms with E-state index >= 15 is 0 Å². The van der Waals surface area contributed by atoms with Gasteiger partial charge in [0.05, 0.1) is 6.04 Å². The molecule has 19 heavy (non-hydrogen) atoms. The first-order chi connectivity index (χ1) is 8.01. The highest BCUT2D eigenvalue weighted by Gasteiger charge is 2.36. The van der Waals surface area contributed by atoms with E-state index in [0.717, 1.165) is 0 Å². The van der Waals surface area contributed by atoms with Gasteiger partial charge in [0, 0.05) is 0 Å². The van der Waals surface area contributed by atoms with Gasteiger partial charge in [0.15, 0.2) is 0 Å². The first kappa shape index (κ1) is 17.6. The summed E-state index contributed by atoms with van der Waals surface area (Å²) >= 11 is 0. The van der Waals surface area contributed by atoms with Crippen LogP contribution in [0.15, 0.2) is 0 Å². The summed E-state index contributed by atoms with van der Waals surface area (Å²) in [6, 6.07) is -0.884. The summed E-state index contributed by atoms with van der Waals surface area (Å²) in [6.45, 7) is 5.20. The van der Waals surface area contributed by atoms with E-state index in [4.69, 9.17) is 5.73 Å². The summed E-state index contributed by atoms with van der Waals surface area (Å²) in [5.74, 6) is -2.37. The number of carbonyl (C=O) groups is 1. The maximum Gasteiger partial charge on any atom is 0.451 e. The van der Waals surface area contributed by atoms with Crippen LogP contribution in [0.2, 0.25) is 0 Å². The Labute approximate surface area is 113 Å². The zero-order valence-corrected chi connectivity index (χ0v) is 11.3. The second kappa shape index (κ2) is 5.74. The fraction of sp³-hybridized carbons (Fsp3) is 0.667. The maximum absolute atomic E-state index is 12.2. The van der Waals surface area contributed by atoms with Crippen LogP contribution in [0.1, 0.15) is 26.6 Å². The highest BCUT2D eigenvalue weighted by Crippen LogP contribution is 2.26. The first-order valence-electron chi connectivity index (χ1n) is 5.08. The number of H-pyrrole nitrogens is 1. The Morgan fingerprint density at radius 2 is 1.89 bits per heavy atom. The molecule has 0 bridgehead atoms. The fourth-order valence-corrected chi connectivity index (χ4v) is 1.03. The quantitative estimate of drug-likeness (QED) is 0.772. The average molecular weight is 302 g/mol. The van der Waals surface area contributed by atoms with E-state index in [0.29, 0.717) is 0 Å². The molecule has 0 aliphatic rings. The highest BCUT2D eigenvalue weighted by molar-refractivity contribution is 5.93. The van der Waals surface area contributed by atoms with Gasteiger partial charge >= 0.3 is 6.18 Å². The molecule has 1 rings (SSSR count). The number of nitrogens with two attached hydrogens (primary N) is 1. The Morgan fingerprint density at radius 1 is 1.37 bits per heavy atom. The predicted molar refractivity (Wildman–Crippen MR) is 64.7 cm³/mol. The largest absolute Gasteiger partial charge is 0.451 e. The molecule has 0 aromatic carbocycles. The number of nitrogens with one attached hydrogen (secondary N) is 2.